The molecule has 2 fully saturated rings. The van der Waals surface area contributed by atoms with Crippen molar-refractivity contribution >= 4 is 16.9 Å². The number of hydrogen-bond acceptors (Lipinski definition) is 5. The maximum atomic E-state index is 6.17. The van der Waals surface area contributed by atoms with Gasteiger partial charge in [0.2, 0.25) is 0 Å². The molecule has 1 aliphatic heterocycles. The van der Waals surface area contributed by atoms with Gasteiger partial charge in [0.1, 0.15) is 17.8 Å². The molecule has 6 nitrogen and oxygen atoms in total. The molecule has 0 atom stereocenters. The van der Waals surface area contributed by atoms with Crippen molar-refractivity contribution in [2.45, 2.75) is 25.0 Å². The van der Waals surface area contributed by atoms with E-state index >= 15 is 0 Å². The number of H-pyrrole nitrogens is 1. The Kier molecular flexibility index (Phi) is 3.46. The molecule has 2 aliphatic rings. The summed E-state index contributed by atoms with van der Waals surface area (Å²) in [5.41, 5.74) is 2.25. The fourth-order valence-corrected chi connectivity index (χ4v) is 3.73. The van der Waals surface area contributed by atoms with Crippen LogP contribution in [0.3, 0.4) is 0 Å². The number of fused-ring (bicyclic) bond motifs is 1. The lowest BCUT2D eigenvalue weighted by Gasteiger charge is -2.41. The highest BCUT2D eigenvalue weighted by Gasteiger charge is 2.52. The third-order valence-corrected chi connectivity index (χ3v) is 5.28. The minimum atomic E-state index is 0.139. The van der Waals surface area contributed by atoms with E-state index in [1.54, 1.807) is 6.33 Å². The van der Waals surface area contributed by atoms with E-state index in [1.165, 1.54) is 18.4 Å². The van der Waals surface area contributed by atoms with Gasteiger partial charge in [-0.2, -0.15) is 5.06 Å². The molecular weight excluding hydrogens is 314 g/mol. The number of nitrogens with one attached hydrogen (secondary N) is 1. The van der Waals surface area contributed by atoms with Crippen LogP contribution in [0.5, 0.6) is 0 Å². The summed E-state index contributed by atoms with van der Waals surface area (Å²) in [5.74, 6) is 1.03. The summed E-state index contributed by atoms with van der Waals surface area (Å²) in [7, 11) is 0. The predicted octanol–water partition coefficient (Wildman–Crippen LogP) is 2.74. The minimum absolute atomic E-state index is 0.139. The first-order valence-corrected chi connectivity index (χ1v) is 8.82. The lowest BCUT2D eigenvalue weighted by atomic mass is 10.1. The third-order valence-electron chi connectivity index (χ3n) is 5.28. The normalized spacial score (nSPS) is 19.6. The molecule has 1 aliphatic carbocycles. The van der Waals surface area contributed by atoms with Crippen LogP contribution in [-0.4, -0.2) is 45.2 Å². The molecule has 0 bridgehead atoms. The number of anilines is 1. The molecule has 1 saturated carbocycles. The number of piperazine rings is 1. The molecule has 0 radical (unpaired) electrons. The largest absolute Gasteiger partial charge is 0.353 e. The van der Waals surface area contributed by atoms with Crippen LogP contribution >= 0.6 is 0 Å². The van der Waals surface area contributed by atoms with Crippen molar-refractivity contribution in [3.8, 4) is 0 Å². The van der Waals surface area contributed by atoms with Gasteiger partial charge in [-0.3, -0.25) is 4.84 Å². The Morgan fingerprint density at radius 2 is 1.96 bits per heavy atom. The van der Waals surface area contributed by atoms with Crippen LogP contribution in [-0.2, 0) is 11.4 Å². The van der Waals surface area contributed by atoms with Crippen molar-refractivity contribution in [3.63, 3.8) is 0 Å². The van der Waals surface area contributed by atoms with Gasteiger partial charge in [0.15, 0.2) is 0 Å². The van der Waals surface area contributed by atoms with Crippen LogP contribution in [0.25, 0.3) is 11.0 Å². The van der Waals surface area contributed by atoms with Gasteiger partial charge in [0.25, 0.3) is 0 Å². The topological polar surface area (TPSA) is 57.3 Å². The Labute approximate surface area is 146 Å². The lowest BCUT2D eigenvalue weighted by Crippen LogP contribution is -2.55. The number of rotatable bonds is 4. The standard InChI is InChI=1S/C19H21N5O/c1-2-4-15(5-3-1)12-25-24-11-10-23(13-19(24)7-8-19)18-16-6-9-20-17(16)21-14-22-18/h1-6,9,14H,7-8,10-13H2,(H,20,21,22). The lowest BCUT2D eigenvalue weighted by molar-refractivity contribution is -0.208. The van der Waals surface area contributed by atoms with Gasteiger partial charge in [-0.25, -0.2) is 9.97 Å². The van der Waals surface area contributed by atoms with Crippen molar-refractivity contribution < 1.29 is 4.84 Å². The molecule has 0 unspecified atom stereocenters. The highest BCUT2D eigenvalue weighted by molar-refractivity contribution is 5.87. The van der Waals surface area contributed by atoms with E-state index in [1.807, 2.05) is 12.3 Å². The Hall–Kier alpha value is -2.44. The molecular formula is C19H21N5O. The molecule has 1 aromatic carbocycles. The van der Waals surface area contributed by atoms with E-state index in [0.717, 1.165) is 36.5 Å². The maximum Gasteiger partial charge on any atom is 0.142 e. The number of aromatic amines is 1. The first-order chi connectivity index (χ1) is 12.3. The van der Waals surface area contributed by atoms with Gasteiger partial charge in [-0.05, 0) is 24.5 Å². The first kappa shape index (κ1) is 14.9. The monoisotopic (exact) mass is 335 g/mol. The van der Waals surface area contributed by atoms with E-state index in [-0.39, 0.29) is 5.54 Å². The number of benzene rings is 1. The maximum absolute atomic E-state index is 6.17. The van der Waals surface area contributed by atoms with E-state index in [2.05, 4.69) is 55.2 Å². The summed E-state index contributed by atoms with van der Waals surface area (Å²) in [6.45, 7) is 3.40. The predicted molar refractivity (Wildman–Crippen MR) is 96.0 cm³/mol. The van der Waals surface area contributed by atoms with E-state index in [4.69, 9.17) is 4.84 Å². The van der Waals surface area contributed by atoms with Crippen molar-refractivity contribution in [1.29, 1.82) is 0 Å². The van der Waals surface area contributed by atoms with Crippen molar-refractivity contribution in [2.75, 3.05) is 24.5 Å². The van der Waals surface area contributed by atoms with E-state index in [9.17, 15) is 0 Å². The molecule has 128 valence electrons. The second kappa shape index (κ2) is 5.82. The summed E-state index contributed by atoms with van der Waals surface area (Å²) in [5, 5.41) is 3.31. The second-order valence-corrected chi connectivity index (χ2v) is 6.94. The van der Waals surface area contributed by atoms with Crippen LogP contribution in [0.1, 0.15) is 18.4 Å². The molecule has 6 heteroatoms. The molecule has 1 spiro atoms. The fraction of sp³-hybridized carbons (Fsp3) is 0.368. The van der Waals surface area contributed by atoms with Crippen molar-refractivity contribution in [3.05, 3.63) is 54.5 Å². The summed E-state index contributed by atoms with van der Waals surface area (Å²) >= 11 is 0. The van der Waals surface area contributed by atoms with Gasteiger partial charge < -0.3 is 9.88 Å². The average Bonchev–Trinajstić information content (AvgIpc) is 3.24. The highest BCUT2D eigenvalue weighted by atomic mass is 16.7. The minimum Gasteiger partial charge on any atom is -0.353 e. The summed E-state index contributed by atoms with van der Waals surface area (Å²) in [4.78, 5) is 20.6. The van der Waals surface area contributed by atoms with Crippen LogP contribution in [0, 0.1) is 0 Å². The van der Waals surface area contributed by atoms with Crippen LogP contribution < -0.4 is 4.90 Å². The molecule has 25 heavy (non-hydrogen) atoms. The highest BCUT2D eigenvalue weighted by Crippen LogP contribution is 2.45. The van der Waals surface area contributed by atoms with Crippen LogP contribution in [0.4, 0.5) is 5.82 Å². The molecule has 0 amide bonds. The van der Waals surface area contributed by atoms with Crippen molar-refractivity contribution in [2.24, 2.45) is 0 Å². The van der Waals surface area contributed by atoms with Gasteiger partial charge >= 0.3 is 0 Å². The van der Waals surface area contributed by atoms with E-state index < -0.39 is 0 Å². The zero-order valence-corrected chi connectivity index (χ0v) is 14.1. The molecule has 3 heterocycles. The summed E-state index contributed by atoms with van der Waals surface area (Å²) in [6.07, 6.45) is 5.93. The number of hydrogen-bond donors (Lipinski definition) is 1. The van der Waals surface area contributed by atoms with E-state index in [0.29, 0.717) is 6.61 Å². The number of hydroxylamine groups is 2. The van der Waals surface area contributed by atoms with Gasteiger partial charge in [-0.1, -0.05) is 30.3 Å². The third kappa shape index (κ3) is 2.67. The molecule has 3 aromatic rings. The number of nitrogens with zero attached hydrogens (tertiary/aromatic N) is 4. The van der Waals surface area contributed by atoms with Crippen LogP contribution in [0.2, 0.25) is 0 Å². The second-order valence-electron chi connectivity index (χ2n) is 6.94. The fourth-order valence-electron chi connectivity index (χ4n) is 3.73. The molecule has 5 rings (SSSR count). The Bertz CT molecular complexity index is 874. The van der Waals surface area contributed by atoms with Crippen LogP contribution in [0.15, 0.2) is 48.9 Å². The van der Waals surface area contributed by atoms with Gasteiger partial charge in [-0.15, -0.1) is 0 Å². The van der Waals surface area contributed by atoms with Crippen molar-refractivity contribution in [1.82, 2.24) is 20.0 Å². The zero-order valence-electron chi connectivity index (χ0n) is 14.1. The van der Waals surface area contributed by atoms with Gasteiger partial charge in [0.05, 0.1) is 17.5 Å². The zero-order chi connectivity index (χ0) is 16.7. The smallest absolute Gasteiger partial charge is 0.142 e. The Morgan fingerprint density at radius 1 is 1.08 bits per heavy atom. The number of aromatic nitrogens is 3. The first-order valence-electron chi connectivity index (χ1n) is 8.82. The SMILES string of the molecule is c1ccc(CON2CCN(c3ncnc4[nH]ccc34)CC23CC3)cc1. The molecule has 2 aromatic heterocycles. The summed E-state index contributed by atoms with van der Waals surface area (Å²) < 4.78 is 0. The Morgan fingerprint density at radius 3 is 2.80 bits per heavy atom. The quantitative estimate of drug-likeness (QED) is 0.794. The summed E-state index contributed by atoms with van der Waals surface area (Å²) in [6, 6.07) is 12.4. The molecule has 1 N–H and O–H groups in total. The van der Waals surface area contributed by atoms with Gasteiger partial charge in [0, 0.05) is 25.8 Å². The molecule has 1 saturated heterocycles. The average molecular weight is 335 g/mol. The Balaban J connectivity index is 1.32.